The molecule has 1 aliphatic heterocycles. The molecule has 0 spiro atoms. The van der Waals surface area contributed by atoms with E-state index in [4.69, 9.17) is 4.74 Å². The number of carbonyl (C=O) groups excluding carboxylic acids is 1. The van der Waals surface area contributed by atoms with Gasteiger partial charge in [0, 0.05) is 42.1 Å². The number of thioether (sulfide) groups is 1. The highest BCUT2D eigenvalue weighted by Gasteiger charge is 2.21. The molecular formula is C26H22FN5O4S. The third-order valence-corrected chi connectivity index (χ3v) is 6.93. The van der Waals surface area contributed by atoms with Gasteiger partial charge in [-0.2, -0.15) is 0 Å². The Kier molecular flexibility index (Phi) is 7.24. The van der Waals surface area contributed by atoms with Crippen molar-refractivity contribution in [1.82, 2.24) is 19.7 Å². The van der Waals surface area contributed by atoms with Crippen molar-refractivity contribution in [2.24, 2.45) is 0 Å². The number of nitro benzene ring substituents is 1. The van der Waals surface area contributed by atoms with Gasteiger partial charge in [-0.05, 0) is 42.0 Å². The molecule has 2 heterocycles. The summed E-state index contributed by atoms with van der Waals surface area (Å²) >= 11 is 1.37. The summed E-state index contributed by atoms with van der Waals surface area (Å²) in [6.07, 6.45) is 0. The number of nitrogens with zero attached hydrogens (tertiary/aromatic N) is 5. The fourth-order valence-electron chi connectivity index (χ4n) is 3.97. The first-order chi connectivity index (χ1) is 18.0. The van der Waals surface area contributed by atoms with Crippen molar-refractivity contribution < 1.29 is 18.8 Å². The van der Waals surface area contributed by atoms with E-state index < -0.39 is 10.7 Å². The number of morpholine rings is 1. The summed E-state index contributed by atoms with van der Waals surface area (Å²) in [5.74, 6) is 0.417. The number of amides is 1. The Morgan fingerprint density at radius 3 is 2.38 bits per heavy atom. The summed E-state index contributed by atoms with van der Waals surface area (Å²) in [6, 6.07) is 19.6. The van der Waals surface area contributed by atoms with Crippen molar-refractivity contribution in [2.75, 3.05) is 26.3 Å². The maximum absolute atomic E-state index is 14.8. The van der Waals surface area contributed by atoms with Crippen LogP contribution in [0.1, 0.15) is 15.9 Å². The third-order valence-electron chi connectivity index (χ3n) is 5.93. The molecule has 0 saturated carbocycles. The molecule has 1 aromatic heterocycles. The van der Waals surface area contributed by atoms with Crippen LogP contribution in [-0.4, -0.2) is 56.8 Å². The van der Waals surface area contributed by atoms with Crippen LogP contribution in [0.25, 0.3) is 17.1 Å². The topological polar surface area (TPSA) is 103 Å². The van der Waals surface area contributed by atoms with Crippen LogP contribution in [0.15, 0.2) is 78.0 Å². The van der Waals surface area contributed by atoms with E-state index in [2.05, 4.69) is 10.2 Å². The Bertz CT molecular complexity index is 1420. The number of hydrogen-bond acceptors (Lipinski definition) is 7. The summed E-state index contributed by atoms with van der Waals surface area (Å²) in [7, 11) is 0. The fraction of sp³-hybridized carbons (Fsp3) is 0.192. The van der Waals surface area contributed by atoms with Gasteiger partial charge in [0.15, 0.2) is 11.0 Å². The minimum atomic E-state index is -0.480. The van der Waals surface area contributed by atoms with Crippen molar-refractivity contribution >= 4 is 23.4 Å². The normalized spacial score (nSPS) is 13.5. The SMILES string of the molecule is O=C(c1ccc(CSc2nnc(-c3ccc([N+](=O)[O-])cc3)n2-c2ccccc2F)cc1)N1CCOCC1. The average molecular weight is 520 g/mol. The van der Waals surface area contributed by atoms with E-state index in [1.807, 2.05) is 12.1 Å². The van der Waals surface area contributed by atoms with Gasteiger partial charge in [-0.25, -0.2) is 4.39 Å². The van der Waals surface area contributed by atoms with E-state index in [0.717, 1.165) is 5.56 Å². The van der Waals surface area contributed by atoms with E-state index in [-0.39, 0.29) is 17.3 Å². The van der Waals surface area contributed by atoms with Gasteiger partial charge in [0.1, 0.15) is 5.82 Å². The molecule has 0 radical (unpaired) electrons. The van der Waals surface area contributed by atoms with E-state index in [1.54, 1.807) is 51.9 Å². The Hall–Kier alpha value is -4.09. The minimum Gasteiger partial charge on any atom is -0.378 e. The van der Waals surface area contributed by atoms with Gasteiger partial charge < -0.3 is 9.64 Å². The second kappa shape index (κ2) is 10.9. The van der Waals surface area contributed by atoms with Crippen molar-refractivity contribution in [1.29, 1.82) is 0 Å². The lowest BCUT2D eigenvalue weighted by Gasteiger charge is -2.26. The molecule has 0 N–H and O–H groups in total. The Balaban J connectivity index is 1.39. The number of carbonyl (C=O) groups is 1. The van der Waals surface area contributed by atoms with Crippen LogP contribution in [0.2, 0.25) is 0 Å². The predicted octanol–water partition coefficient (Wildman–Crippen LogP) is 4.75. The van der Waals surface area contributed by atoms with Crippen molar-refractivity contribution in [3.8, 4) is 17.1 Å². The first-order valence-electron chi connectivity index (χ1n) is 11.5. The number of hydrogen-bond donors (Lipinski definition) is 0. The van der Waals surface area contributed by atoms with Gasteiger partial charge in [0.25, 0.3) is 11.6 Å². The number of halogens is 1. The van der Waals surface area contributed by atoms with Crippen molar-refractivity contribution in [3.63, 3.8) is 0 Å². The van der Waals surface area contributed by atoms with Crippen LogP contribution >= 0.6 is 11.8 Å². The fourth-order valence-corrected chi connectivity index (χ4v) is 4.87. The molecule has 37 heavy (non-hydrogen) atoms. The minimum absolute atomic E-state index is 0.0189. The highest BCUT2D eigenvalue weighted by Crippen LogP contribution is 2.31. The summed E-state index contributed by atoms with van der Waals surface area (Å²) in [6.45, 7) is 2.26. The van der Waals surface area contributed by atoms with Crippen LogP contribution in [0, 0.1) is 15.9 Å². The van der Waals surface area contributed by atoms with Crippen LogP contribution in [0.4, 0.5) is 10.1 Å². The number of non-ortho nitro benzene ring substituents is 1. The largest absolute Gasteiger partial charge is 0.378 e. The Morgan fingerprint density at radius 2 is 1.70 bits per heavy atom. The number of para-hydroxylation sites is 1. The molecule has 1 amide bonds. The molecule has 0 unspecified atom stereocenters. The second-order valence-electron chi connectivity index (χ2n) is 8.29. The summed E-state index contributed by atoms with van der Waals surface area (Å²) < 4.78 is 21.7. The average Bonchev–Trinajstić information content (AvgIpc) is 3.36. The molecule has 3 aromatic carbocycles. The second-order valence-corrected chi connectivity index (χ2v) is 9.23. The van der Waals surface area contributed by atoms with Gasteiger partial charge in [-0.3, -0.25) is 19.5 Å². The zero-order valence-electron chi connectivity index (χ0n) is 19.6. The Morgan fingerprint density at radius 1 is 1.00 bits per heavy atom. The molecular weight excluding hydrogens is 497 g/mol. The summed E-state index contributed by atoms with van der Waals surface area (Å²) in [5, 5.41) is 20.1. The number of nitro groups is 1. The highest BCUT2D eigenvalue weighted by atomic mass is 32.2. The molecule has 1 fully saturated rings. The summed E-state index contributed by atoms with van der Waals surface area (Å²) in [4.78, 5) is 25.0. The standard InChI is InChI=1S/C26H22FN5O4S/c27-22-3-1-2-4-23(22)31-24(19-9-11-21(12-10-19)32(34)35)28-29-26(31)37-17-18-5-7-20(8-6-18)25(33)30-13-15-36-16-14-30/h1-12H,13-17H2. The van der Waals surface area contributed by atoms with Gasteiger partial charge in [0.2, 0.25) is 0 Å². The van der Waals surface area contributed by atoms with Crippen molar-refractivity contribution in [3.05, 3.63) is 99.9 Å². The van der Waals surface area contributed by atoms with Crippen molar-refractivity contribution in [2.45, 2.75) is 10.9 Å². The van der Waals surface area contributed by atoms with Crippen LogP contribution < -0.4 is 0 Å². The van der Waals surface area contributed by atoms with Crippen LogP contribution in [-0.2, 0) is 10.5 Å². The van der Waals surface area contributed by atoms with Crippen LogP contribution in [0.3, 0.4) is 0 Å². The van der Waals surface area contributed by atoms with Crippen LogP contribution in [0.5, 0.6) is 0 Å². The molecule has 0 aliphatic carbocycles. The molecule has 0 atom stereocenters. The molecule has 11 heteroatoms. The van der Waals surface area contributed by atoms with Gasteiger partial charge in [-0.1, -0.05) is 36.0 Å². The van der Waals surface area contributed by atoms with Gasteiger partial charge in [-0.15, -0.1) is 10.2 Å². The van der Waals surface area contributed by atoms with E-state index in [0.29, 0.717) is 54.2 Å². The quantitative estimate of drug-likeness (QED) is 0.197. The van der Waals surface area contributed by atoms with E-state index in [9.17, 15) is 19.3 Å². The zero-order valence-corrected chi connectivity index (χ0v) is 20.4. The zero-order chi connectivity index (χ0) is 25.8. The first-order valence-corrected chi connectivity index (χ1v) is 12.5. The molecule has 9 nitrogen and oxygen atoms in total. The maximum atomic E-state index is 14.8. The number of ether oxygens (including phenoxy) is 1. The summed E-state index contributed by atoms with van der Waals surface area (Å²) in [5.41, 5.74) is 2.37. The molecule has 1 saturated heterocycles. The molecule has 0 bridgehead atoms. The monoisotopic (exact) mass is 519 g/mol. The lowest BCUT2D eigenvalue weighted by Crippen LogP contribution is -2.40. The number of aromatic nitrogens is 3. The lowest BCUT2D eigenvalue weighted by atomic mass is 10.1. The number of benzene rings is 3. The number of rotatable bonds is 7. The Labute approximate surface area is 216 Å². The maximum Gasteiger partial charge on any atom is 0.269 e. The van der Waals surface area contributed by atoms with Gasteiger partial charge >= 0.3 is 0 Å². The molecule has 1 aliphatic rings. The molecule has 4 aromatic rings. The lowest BCUT2D eigenvalue weighted by molar-refractivity contribution is -0.384. The predicted molar refractivity (Wildman–Crippen MR) is 136 cm³/mol. The highest BCUT2D eigenvalue weighted by molar-refractivity contribution is 7.98. The van der Waals surface area contributed by atoms with Gasteiger partial charge in [0.05, 0.1) is 23.8 Å². The smallest absolute Gasteiger partial charge is 0.269 e. The molecule has 5 rings (SSSR count). The molecule has 188 valence electrons. The van der Waals surface area contributed by atoms with E-state index in [1.165, 1.54) is 30.0 Å². The first kappa shape index (κ1) is 24.6. The van der Waals surface area contributed by atoms with E-state index >= 15 is 0 Å². The third kappa shape index (κ3) is 5.37.